The van der Waals surface area contributed by atoms with Crippen LogP contribution in [-0.2, 0) is 6.18 Å². The number of anilines is 1. The molecule has 1 atom stereocenters. The van der Waals surface area contributed by atoms with E-state index >= 15 is 0 Å². The van der Waals surface area contributed by atoms with Crippen LogP contribution in [0.4, 0.5) is 27.6 Å². The third-order valence-electron chi connectivity index (χ3n) is 1.83. The molecule has 0 aliphatic rings. The van der Waals surface area contributed by atoms with Gasteiger partial charge in [0.25, 0.3) is 6.43 Å². The molecule has 0 aliphatic carbocycles. The van der Waals surface area contributed by atoms with E-state index in [-0.39, 0.29) is 5.69 Å². The van der Waals surface area contributed by atoms with Crippen LogP contribution in [0.2, 0.25) is 0 Å². The third kappa shape index (κ3) is 3.32. The quantitative estimate of drug-likeness (QED) is 0.821. The van der Waals surface area contributed by atoms with E-state index in [1.807, 2.05) is 0 Å². The molecule has 1 N–H and O–H groups in total. The number of aromatic nitrogens is 1. The highest BCUT2D eigenvalue weighted by Crippen LogP contribution is 2.27. The summed E-state index contributed by atoms with van der Waals surface area (Å²) in [4.78, 5) is 3.13. The van der Waals surface area contributed by atoms with Gasteiger partial charge in [-0.3, -0.25) is 0 Å². The van der Waals surface area contributed by atoms with Crippen molar-refractivity contribution in [1.82, 2.24) is 4.98 Å². The first-order valence-corrected chi connectivity index (χ1v) is 4.38. The fourth-order valence-electron chi connectivity index (χ4n) is 0.973. The minimum absolute atomic E-state index is 0.126. The lowest BCUT2D eigenvalue weighted by atomic mass is 10.3. The Hall–Kier alpha value is -1.40. The Bertz CT molecular complexity index is 333. The molecular formula is C9H9F5N2. The van der Waals surface area contributed by atoms with Gasteiger partial charge in [-0.05, 0) is 19.1 Å². The largest absolute Gasteiger partial charge is 0.433 e. The number of nitrogens with one attached hydrogen (secondary N) is 1. The summed E-state index contributed by atoms with van der Waals surface area (Å²) < 4.78 is 60.6. The summed E-state index contributed by atoms with van der Waals surface area (Å²) in [7, 11) is 0. The molecule has 1 aromatic heterocycles. The molecule has 90 valence electrons. The molecule has 0 fully saturated rings. The van der Waals surface area contributed by atoms with Crippen molar-refractivity contribution in [2.45, 2.75) is 25.6 Å². The van der Waals surface area contributed by atoms with Gasteiger partial charge < -0.3 is 5.32 Å². The van der Waals surface area contributed by atoms with Gasteiger partial charge in [-0.1, -0.05) is 0 Å². The molecule has 1 heterocycles. The molecule has 2 nitrogen and oxygen atoms in total. The van der Waals surface area contributed by atoms with Crippen molar-refractivity contribution in [2.75, 3.05) is 5.32 Å². The predicted octanol–water partition coefficient (Wildman–Crippen LogP) is 3.17. The summed E-state index contributed by atoms with van der Waals surface area (Å²) in [5.41, 5.74) is -0.927. The first-order valence-electron chi connectivity index (χ1n) is 4.38. The first kappa shape index (κ1) is 12.7. The number of nitrogens with zero attached hydrogens (tertiary/aromatic N) is 1. The van der Waals surface area contributed by atoms with Crippen LogP contribution in [0.15, 0.2) is 18.3 Å². The van der Waals surface area contributed by atoms with Crippen molar-refractivity contribution in [1.29, 1.82) is 0 Å². The van der Waals surface area contributed by atoms with E-state index in [1.54, 1.807) is 0 Å². The van der Waals surface area contributed by atoms with Crippen LogP contribution in [0.5, 0.6) is 0 Å². The van der Waals surface area contributed by atoms with Crippen LogP contribution < -0.4 is 5.32 Å². The van der Waals surface area contributed by atoms with Gasteiger partial charge in [0.2, 0.25) is 0 Å². The molecule has 1 unspecified atom stereocenters. The maximum atomic E-state index is 12.1. The van der Waals surface area contributed by atoms with Gasteiger partial charge in [0.15, 0.2) is 0 Å². The van der Waals surface area contributed by atoms with Gasteiger partial charge in [0.1, 0.15) is 5.69 Å². The zero-order valence-corrected chi connectivity index (χ0v) is 8.22. The lowest BCUT2D eigenvalue weighted by molar-refractivity contribution is -0.141. The zero-order chi connectivity index (χ0) is 12.3. The molecule has 0 saturated carbocycles. The highest BCUT2D eigenvalue weighted by molar-refractivity contribution is 5.42. The average molecular weight is 240 g/mol. The maximum absolute atomic E-state index is 12.1. The van der Waals surface area contributed by atoms with Crippen LogP contribution in [0.25, 0.3) is 0 Å². The summed E-state index contributed by atoms with van der Waals surface area (Å²) in [6.07, 6.45) is -6.24. The maximum Gasteiger partial charge on any atom is 0.433 e. The third-order valence-corrected chi connectivity index (χ3v) is 1.83. The number of hydrogen-bond acceptors (Lipinski definition) is 2. The zero-order valence-electron chi connectivity index (χ0n) is 8.22. The van der Waals surface area contributed by atoms with Crippen LogP contribution in [-0.4, -0.2) is 17.5 Å². The smallest absolute Gasteiger partial charge is 0.376 e. The minimum Gasteiger partial charge on any atom is -0.376 e. The van der Waals surface area contributed by atoms with Gasteiger partial charge >= 0.3 is 6.18 Å². The van der Waals surface area contributed by atoms with Crippen molar-refractivity contribution < 1.29 is 22.0 Å². The molecular weight excluding hydrogens is 231 g/mol. The molecule has 0 amide bonds. The number of hydrogen-bond donors (Lipinski definition) is 1. The van der Waals surface area contributed by atoms with E-state index in [0.717, 1.165) is 18.3 Å². The summed E-state index contributed by atoms with van der Waals surface area (Å²) in [6, 6.07) is 0.661. The molecule has 16 heavy (non-hydrogen) atoms. The molecule has 1 aromatic rings. The second kappa shape index (κ2) is 4.63. The Kier molecular flexibility index (Phi) is 3.66. The van der Waals surface area contributed by atoms with Crippen molar-refractivity contribution in [2.24, 2.45) is 0 Å². The molecule has 1 rings (SSSR count). The van der Waals surface area contributed by atoms with E-state index in [0.29, 0.717) is 0 Å². The van der Waals surface area contributed by atoms with E-state index in [4.69, 9.17) is 0 Å². The number of halogens is 5. The second-order valence-electron chi connectivity index (χ2n) is 3.20. The fraction of sp³-hybridized carbons (Fsp3) is 0.444. The van der Waals surface area contributed by atoms with Crippen LogP contribution in [0, 0.1) is 0 Å². The molecule has 0 radical (unpaired) electrons. The van der Waals surface area contributed by atoms with E-state index in [9.17, 15) is 22.0 Å². The Balaban J connectivity index is 2.72. The number of pyridine rings is 1. The van der Waals surface area contributed by atoms with Gasteiger partial charge in [-0.2, -0.15) is 13.2 Å². The first-order chi connectivity index (χ1) is 7.30. The summed E-state index contributed by atoms with van der Waals surface area (Å²) in [5, 5.41) is 2.34. The highest BCUT2D eigenvalue weighted by Gasteiger charge is 2.32. The Labute approximate surface area is 88.5 Å². The van der Waals surface area contributed by atoms with Crippen LogP contribution in [0.3, 0.4) is 0 Å². The molecule has 7 heteroatoms. The summed E-state index contributed by atoms with van der Waals surface area (Å²) in [6.45, 7) is 1.22. The van der Waals surface area contributed by atoms with Crippen molar-refractivity contribution in [3.8, 4) is 0 Å². The van der Waals surface area contributed by atoms with E-state index in [2.05, 4.69) is 10.3 Å². The fourth-order valence-corrected chi connectivity index (χ4v) is 0.973. The van der Waals surface area contributed by atoms with Crippen molar-refractivity contribution in [3.63, 3.8) is 0 Å². The topological polar surface area (TPSA) is 24.9 Å². The Morgan fingerprint density at radius 3 is 2.25 bits per heavy atom. The standard InChI is InChI=1S/C9H9F5N2/c1-5(8(10)11)16-6-2-3-7(15-4-6)9(12,13)14/h2-5,8,16H,1H3. The van der Waals surface area contributed by atoms with Gasteiger partial charge in [0.05, 0.1) is 17.9 Å². The van der Waals surface area contributed by atoms with E-state index in [1.165, 1.54) is 6.92 Å². The van der Waals surface area contributed by atoms with Crippen molar-refractivity contribution >= 4 is 5.69 Å². The lowest BCUT2D eigenvalue weighted by Gasteiger charge is -2.14. The molecule has 0 saturated heterocycles. The average Bonchev–Trinajstić information content (AvgIpc) is 2.17. The molecule has 0 spiro atoms. The molecule has 0 aliphatic heterocycles. The van der Waals surface area contributed by atoms with Crippen LogP contribution in [0.1, 0.15) is 12.6 Å². The molecule has 0 bridgehead atoms. The van der Waals surface area contributed by atoms with Gasteiger partial charge in [-0.25, -0.2) is 13.8 Å². The minimum atomic E-state index is -4.52. The summed E-state index contributed by atoms with van der Waals surface area (Å²) in [5.74, 6) is 0. The monoisotopic (exact) mass is 240 g/mol. The van der Waals surface area contributed by atoms with Crippen molar-refractivity contribution in [3.05, 3.63) is 24.0 Å². The Morgan fingerprint density at radius 2 is 1.88 bits per heavy atom. The predicted molar refractivity (Wildman–Crippen MR) is 48.3 cm³/mol. The lowest BCUT2D eigenvalue weighted by Crippen LogP contribution is -2.23. The SMILES string of the molecule is CC(Nc1ccc(C(F)(F)F)nc1)C(F)F. The number of rotatable bonds is 3. The van der Waals surface area contributed by atoms with Crippen LogP contribution >= 0.6 is 0 Å². The number of alkyl halides is 5. The normalized spacial score (nSPS) is 13.9. The summed E-state index contributed by atoms with van der Waals surface area (Å²) >= 11 is 0. The van der Waals surface area contributed by atoms with Gasteiger partial charge in [0, 0.05) is 0 Å². The second-order valence-corrected chi connectivity index (χ2v) is 3.20. The molecule has 0 aromatic carbocycles. The van der Waals surface area contributed by atoms with E-state index < -0.39 is 24.3 Å². The Morgan fingerprint density at radius 1 is 1.25 bits per heavy atom. The highest BCUT2D eigenvalue weighted by atomic mass is 19.4. The van der Waals surface area contributed by atoms with Gasteiger partial charge in [-0.15, -0.1) is 0 Å².